The number of rotatable bonds is 9. The highest BCUT2D eigenvalue weighted by atomic mass is 35.5. The van der Waals surface area contributed by atoms with Crippen molar-refractivity contribution < 1.29 is 4.21 Å². The maximum atomic E-state index is 12.1. The lowest BCUT2D eigenvalue weighted by Crippen LogP contribution is -2.00. The summed E-state index contributed by atoms with van der Waals surface area (Å²) in [5.74, 6) is 0.692. The van der Waals surface area contributed by atoms with Crippen LogP contribution < -0.4 is 5.73 Å². The van der Waals surface area contributed by atoms with Gasteiger partial charge in [-0.3, -0.25) is 4.21 Å². The summed E-state index contributed by atoms with van der Waals surface area (Å²) in [5.41, 5.74) is 6.24. The van der Waals surface area contributed by atoms with E-state index in [1.165, 1.54) is 32.1 Å². The van der Waals surface area contributed by atoms with Crippen LogP contribution in [0.1, 0.15) is 51.9 Å². The summed E-state index contributed by atoms with van der Waals surface area (Å²) in [7, 11) is -1.000. The van der Waals surface area contributed by atoms with E-state index in [9.17, 15) is 4.21 Å². The van der Waals surface area contributed by atoms with Gasteiger partial charge in [0.25, 0.3) is 0 Å². The molecule has 0 spiro atoms. The summed E-state index contributed by atoms with van der Waals surface area (Å²) < 4.78 is 12.1. The molecule has 0 heterocycles. The second-order valence-electron chi connectivity index (χ2n) is 4.86. The molecule has 0 aliphatic rings. The van der Waals surface area contributed by atoms with Crippen LogP contribution >= 0.6 is 11.6 Å². The number of anilines is 1. The lowest BCUT2D eigenvalue weighted by Gasteiger charge is -2.05. The molecule has 0 fully saturated rings. The Balaban J connectivity index is 2.24. The average Bonchev–Trinajstić information content (AvgIpc) is 2.37. The number of nitrogens with two attached hydrogens (primary N) is 1. The molecule has 0 aliphatic carbocycles. The van der Waals surface area contributed by atoms with Crippen LogP contribution in [0.25, 0.3) is 0 Å². The standard InChI is InChI=1S/C15H24ClNOS/c1-2-3-4-5-6-7-8-11-19(18)15-10-9-13(17)12-14(15)16/h9-10,12H,2-8,11,17H2,1H3. The van der Waals surface area contributed by atoms with Gasteiger partial charge in [0.05, 0.1) is 20.7 Å². The molecule has 1 rings (SSSR count). The van der Waals surface area contributed by atoms with Crippen molar-refractivity contribution >= 4 is 28.1 Å². The minimum Gasteiger partial charge on any atom is -0.399 e. The third-order valence-electron chi connectivity index (χ3n) is 3.13. The van der Waals surface area contributed by atoms with Crippen LogP contribution in [-0.4, -0.2) is 9.96 Å². The van der Waals surface area contributed by atoms with Crippen LogP contribution in [0.15, 0.2) is 23.1 Å². The zero-order valence-electron chi connectivity index (χ0n) is 11.7. The van der Waals surface area contributed by atoms with Gasteiger partial charge in [-0.2, -0.15) is 0 Å². The molecular formula is C15H24ClNOS. The topological polar surface area (TPSA) is 43.1 Å². The molecule has 4 heteroatoms. The Morgan fingerprint density at radius 2 is 1.74 bits per heavy atom. The summed E-state index contributed by atoms with van der Waals surface area (Å²) in [6.07, 6.45) is 8.62. The highest BCUT2D eigenvalue weighted by Gasteiger charge is 2.08. The van der Waals surface area contributed by atoms with Crippen LogP contribution in [0.3, 0.4) is 0 Å². The highest BCUT2D eigenvalue weighted by molar-refractivity contribution is 7.85. The van der Waals surface area contributed by atoms with E-state index in [-0.39, 0.29) is 0 Å². The largest absolute Gasteiger partial charge is 0.399 e. The summed E-state index contributed by atoms with van der Waals surface area (Å²) in [5, 5.41) is 0.515. The number of hydrogen-bond donors (Lipinski definition) is 1. The molecule has 1 aromatic carbocycles. The first-order valence-electron chi connectivity index (χ1n) is 7.08. The van der Waals surface area contributed by atoms with Gasteiger partial charge in [0.15, 0.2) is 0 Å². The fourth-order valence-corrected chi connectivity index (χ4v) is 3.63. The molecule has 0 bridgehead atoms. The molecule has 1 atom stereocenters. The van der Waals surface area contributed by atoms with Crippen molar-refractivity contribution in [2.45, 2.75) is 56.8 Å². The summed E-state index contributed by atoms with van der Waals surface area (Å²) in [4.78, 5) is 0.710. The maximum Gasteiger partial charge on any atom is 0.0587 e. The van der Waals surface area contributed by atoms with Crippen molar-refractivity contribution in [1.29, 1.82) is 0 Å². The Morgan fingerprint density at radius 1 is 1.11 bits per heavy atom. The second-order valence-corrected chi connectivity index (χ2v) is 6.81. The summed E-state index contributed by atoms with van der Waals surface area (Å²) in [6.45, 7) is 2.22. The quantitative estimate of drug-likeness (QED) is 0.527. The van der Waals surface area contributed by atoms with Crippen molar-refractivity contribution in [3.63, 3.8) is 0 Å². The van der Waals surface area contributed by atoms with E-state index in [4.69, 9.17) is 17.3 Å². The highest BCUT2D eigenvalue weighted by Crippen LogP contribution is 2.23. The molecular weight excluding hydrogens is 278 g/mol. The molecule has 2 N–H and O–H groups in total. The van der Waals surface area contributed by atoms with Crippen LogP contribution in [0.5, 0.6) is 0 Å². The first-order valence-corrected chi connectivity index (χ1v) is 8.78. The van der Waals surface area contributed by atoms with Gasteiger partial charge in [0.1, 0.15) is 0 Å². The van der Waals surface area contributed by atoms with Gasteiger partial charge in [0, 0.05) is 11.4 Å². The SMILES string of the molecule is CCCCCCCCCS(=O)c1ccc(N)cc1Cl. The number of unbranched alkanes of at least 4 members (excludes halogenated alkanes) is 6. The molecule has 0 saturated carbocycles. The van der Waals surface area contributed by atoms with E-state index in [1.807, 2.05) is 0 Å². The Labute approximate surface area is 124 Å². The molecule has 0 radical (unpaired) electrons. The van der Waals surface area contributed by atoms with Crippen LogP contribution in [0.2, 0.25) is 5.02 Å². The van der Waals surface area contributed by atoms with Gasteiger partial charge in [-0.25, -0.2) is 0 Å². The van der Waals surface area contributed by atoms with E-state index in [0.717, 1.165) is 12.8 Å². The predicted molar refractivity (Wildman–Crippen MR) is 85.1 cm³/mol. The lowest BCUT2D eigenvalue weighted by molar-refractivity contribution is 0.601. The van der Waals surface area contributed by atoms with Gasteiger partial charge in [0.2, 0.25) is 0 Å². The number of benzene rings is 1. The first kappa shape index (κ1) is 16.5. The molecule has 0 aliphatic heterocycles. The Kier molecular flexibility index (Phi) is 8.15. The minimum atomic E-state index is -1.000. The van der Waals surface area contributed by atoms with Crippen LogP contribution in [0, 0.1) is 0 Å². The Hall–Kier alpha value is -0.540. The first-order chi connectivity index (χ1) is 9.15. The van der Waals surface area contributed by atoms with Gasteiger partial charge >= 0.3 is 0 Å². The molecule has 0 saturated heterocycles. The van der Waals surface area contributed by atoms with E-state index in [1.54, 1.807) is 18.2 Å². The van der Waals surface area contributed by atoms with Gasteiger partial charge in [-0.05, 0) is 24.6 Å². The Bertz CT molecular complexity index is 409. The molecule has 1 aromatic rings. The smallest absolute Gasteiger partial charge is 0.0587 e. The van der Waals surface area contributed by atoms with Crippen molar-refractivity contribution in [2.24, 2.45) is 0 Å². The molecule has 1 unspecified atom stereocenters. The number of hydrogen-bond acceptors (Lipinski definition) is 2. The number of halogens is 1. The molecule has 2 nitrogen and oxygen atoms in total. The van der Waals surface area contributed by atoms with Crippen LogP contribution in [0.4, 0.5) is 5.69 Å². The van der Waals surface area contributed by atoms with Crippen molar-refractivity contribution in [3.05, 3.63) is 23.2 Å². The summed E-state index contributed by atoms with van der Waals surface area (Å²) in [6, 6.07) is 5.19. The van der Waals surface area contributed by atoms with Crippen LogP contribution in [-0.2, 0) is 10.8 Å². The molecule has 19 heavy (non-hydrogen) atoms. The van der Waals surface area contributed by atoms with Gasteiger partial charge in [-0.15, -0.1) is 0 Å². The zero-order valence-corrected chi connectivity index (χ0v) is 13.2. The van der Waals surface area contributed by atoms with E-state index in [0.29, 0.717) is 21.4 Å². The van der Waals surface area contributed by atoms with Gasteiger partial charge in [-0.1, -0.05) is 57.0 Å². The molecule has 0 aromatic heterocycles. The Morgan fingerprint density at radius 3 is 2.37 bits per heavy atom. The number of nitrogen functional groups attached to an aromatic ring is 1. The van der Waals surface area contributed by atoms with E-state index >= 15 is 0 Å². The zero-order chi connectivity index (χ0) is 14.1. The lowest BCUT2D eigenvalue weighted by atomic mass is 10.1. The van der Waals surface area contributed by atoms with E-state index < -0.39 is 10.8 Å². The normalized spacial score (nSPS) is 12.5. The predicted octanol–water partition coefficient (Wildman–Crippen LogP) is 4.78. The molecule has 0 amide bonds. The van der Waals surface area contributed by atoms with Gasteiger partial charge < -0.3 is 5.73 Å². The maximum absolute atomic E-state index is 12.1. The van der Waals surface area contributed by atoms with Crippen molar-refractivity contribution in [2.75, 3.05) is 11.5 Å². The third-order valence-corrected chi connectivity index (χ3v) is 5.07. The van der Waals surface area contributed by atoms with Crippen molar-refractivity contribution in [3.8, 4) is 0 Å². The monoisotopic (exact) mass is 301 g/mol. The fourth-order valence-electron chi connectivity index (χ4n) is 2.00. The summed E-state index contributed by atoms with van der Waals surface area (Å²) >= 11 is 6.05. The molecule has 108 valence electrons. The second kappa shape index (κ2) is 9.38. The minimum absolute atomic E-state index is 0.515. The third kappa shape index (κ3) is 6.44. The average molecular weight is 302 g/mol. The fraction of sp³-hybridized carbons (Fsp3) is 0.600. The van der Waals surface area contributed by atoms with Crippen molar-refractivity contribution in [1.82, 2.24) is 0 Å². The van der Waals surface area contributed by atoms with E-state index in [2.05, 4.69) is 6.92 Å².